The van der Waals surface area contributed by atoms with Gasteiger partial charge in [0.05, 0.1) is 17.9 Å². The molecule has 1 aromatic carbocycles. The standard InChI is InChI=1S/C16H10N4O3/c1-22-14-5-3-11-15(20-14)17-8-18-16(11)23-10-2-4-12-9(6-10)7-13(21)19-12/h2-8H,1H3. The van der Waals surface area contributed by atoms with Gasteiger partial charge in [-0.25, -0.2) is 15.0 Å². The summed E-state index contributed by atoms with van der Waals surface area (Å²) in [5.74, 6) is 1.14. The van der Waals surface area contributed by atoms with Gasteiger partial charge >= 0.3 is 0 Å². The molecular formula is C16H10N4O3. The highest BCUT2D eigenvalue weighted by molar-refractivity contribution is 6.06. The fraction of sp³-hybridized carbons (Fsp3) is 0.0625. The van der Waals surface area contributed by atoms with E-state index in [4.69, 9.17) is 9.47 Å². The first-order valence-electron chi connectivity index (χ1n) is 6.81. The summed E-state index contributed by atoms with van der Waals surface area (Å²) in [6.07, 6.45) is 2.84. The Morgan fingerprint density at radius 1 is 1.09 bits per heavy atom. The Kier molecular flexibility index (Phi) is 2.97. The number of carbonyl (C=O) groups excluding carboxylic acids is 1. The predicted octanol–water partition coefficient (Wildman–Crippen LogP) is 0.766. The molecule has 4 rings (SSSR count). The molecule has 1 aliphatic rings. The number of aromatic nitrogens is 3. The number of carbonyl (C=O) groups is 1. The molecule has 3 aromatic rings. The lowest BCUT2D eigenvalue weighted by Gasteiger charge is -2.07. The van der Waals surface area contributed by atoms with Crippen molar-refractivity contribution >= 4 is 23.0 Å². The molecule has 0 atom stereocenters. The molecular weight excluding hydrogens is 296 g/mol. The minimum absolute atomic E-state index is 0.263. The predicted molar refractivity (Wildman–Crippen MR) is 80.7 cm³/mol. The van der Waals surface area contributed by atoms with E-state index in [0.29, 0.717) is 33.9 Å². The summed E-state index contributed by atoms with van der Waals surface area (Å²) in [4.78, 5) is 27.7. The van der Waals surface area contributed by atoms with Gasteiger partial charge < -0.3 is 9.47 Å². The lowest BCUT2D eigenvalue weighted by atomic mass is 10.2. The molecule has 0 spiro atoms. The van der Waals surface area contributed by atoms with Crippen LogP contribution >= 0.6 is 0 Å². The quantitative estimate of drug-likeness (QED) is 0.710. The van der Waals surface area contributed by atoms with Crippen molar-refractivity contribution < 1.29 is 14.3 Å². The molecule has 1 amide bonds. The van der Waals surface area contributed by atoms with Crippen LogP contribution in [0.15, 0.2) is 41.7 Å². The van der Waals surface area contributed by atoms with Gasteiger partial charge in [0.2, 0.25) is 11.8 Å². The van der Waals surface area contributed by atoms with Crippen LogP contribution in [0.1, 0.15) is 0 Å². The second kappa shape index (κ2) is 5.13. The SMILES string of the molecule is COc1ccc2c(Oc3ccc4c(c3)=CC(=O)N=4)ncnc2n1. The maximum absolute atomic E-state index is 11.3. The van der Waals surface area contributed by atoms with Crippen LogP contribution in [0.4, 0.5) is 0 Å². The number of pyridine rings is 1. The summed E-state index contributed by atoms with van der Waals surface area (Å²) in [6, 6.07) is 8.71. The highest BCUT2D eigenvalue weighted by Crippen LogP contribution is 2.26. The summed E-state index contributed by atoms with van der Waals surface area (Å²) in [6.45, 7) is 0. The molecule has 1 aliphatic heterocycles. The van der Waals surface area contributed by atoms with Crippen molar-refractivity contribution in [3.05, 3.63) is 47.2 Å². The molecule has 0 bridgehead atoms. The van der Waals surface area contributed by atoms with Crippen LogP contribution in [-0.2, 0) is 4.79 Å². The van der Waals surface area contributed by atoms with Gasteiger partial charge in [0.25, 0.3) is 5.91 Å². The largest absolute Gasteiger partial charge is 0.481 e. The van der Waals surface area contributed by atoms with Gasteiger partial charge in [-0.15, -0.1) is 0 Å². The van der Waals surface area contributed by atoms with Gasteiger partial charge in [0, 0.05) is 17.4 Å². The topological polar surface area (TPSA) is 86.6 Å². The van der Waals surface area contributed by atoms with E-state index < -0.39 is 0 Å². The Labute approximate surface area is 130 Å². The fourth-order valence-electron chi connectivity index (χ4n) is 2.31. The molecule has 2 aromatic heterocycles. The number of benzene rings is 1. The highest BCUT2D eigenvalue weighted by atomic mass is 16.5. The molecule has 0 saturated heterocycles. The van der Waals surface area contributed by atoms with E-state index in [1.54, 1.807) is 37.4 Å². The Balaban J connectivity index is 1.77. The Hall–Kier alpha value is -3.35. The minimum Gasteiger partial charge on any atom is -0.481 e. The van der Waals surface area contributed by atoms with Gasteiger partial charge in [-0.3, -0.25) is 4.79 Å². The molecule has 0 unspecified atom stereocenters. The second-order valence-electron chi connectivity index (χ2n) is 4.82. The Morgan fingerprint density at radius 3 is 2.87 bits per heavy atom. The first kappa shape index (κ1) is 13.3. The third-order valence-electron chi connectivity index (χ3n) is 3.37. The van der Waals surface area contributed by atoms with E-state index in [1.165, 1.54) is 12.4 Å². The average Bonchev–Trinajstić information content (AvgIpc) is 2.94. The van der Waals surface area contributed by atoms with E-state index in [1.807, 2.05) is 0 Å². The zero-order chi connectivity index (χ0) is 15.8. The monoisotopic (exact) mass is 306 g/mol. The van der Waals surface area contributed by atoms with Gasteiger partial charge in [-0.1, -0.05) is 0 Å². The van der Waals surface area contributed by atoms with Crippen molar-refractivity contribution in [1.82, 2.24) is 15.0 Å². The van der Waals surface area contributed by atoms with Crippen molar-refractivity contribution in [3.63, 3.8) is 0 Å². The lowest BCUT2D eigenvalue weighted by Crippen LogP contribution is -2.20. The molecule has 0 N–H and O–H groups in total. The molecule has 0 aliphatic carbocycles. The van der Waals surface area contributed by atoms with Crippen molar-refractivity contribution in [2.45, 2.75) is 0 Å². The van der Waals surface area contributed by atoms with Crippen LogP contribution in [0, 0.1) is 0 Å². The maximum atomic E-state index is 11.3. The van der Waals surface area contributed by atoms with Crippen molar-refractivity contribution in [1.29, 1.82) is 0 Å². The first-order valence-corrected chi connectivity index (χ1v) is 6.81. The van der Waals surface area contributed by atoms with Crippen molar-refractivity contribution in [2.24, 2.45) is 4.99 Å². The lowest BCUT2D eigenvalue weighted by molar-refractivity contribution is -0.112. The Bertz CT molecular complexity index is 1060. The van der Waals surface area contributed by atoms with Crippen molar-refractivity contribution in [2.75, 3.05) is 7.11 Å². The molecule has 0 radical (unpaired) electrons. The number of methoxy groups -OCH3 is 1. The van der Waals surface area contributed by atoms with Crippen LogP contribution < -0.4 is 20.0 Å². The third-order valence-corrected chi connectivity index (χ3v) is 3.37. The first-order chi connectivity index (χ1) is 11.2. The van der Waals surface area contributed by atoms with Gasteiger partial charge in [-0.2, -0.15) is 4.98 Å². The zero-order valence-corrected chi connectivity index (χ0v) is 12.1. The minimum atomic E-state index is -0.263. The number of rotatable bonds is 3. The molecule has 7 nitrogen and oxygen atoms in total. The van der Waals surface area contributed by atoms with Crippen LogP contribution in [-0.4, -0.2) is 28.0 Å². The third kappa shape index (κ3) is 2.38. The summed E-state index contributed by atoms with van der Waals surface area (Å²) >= 11 is 0. The molecule has 23 heavy (non-hydrogen) atoms. The molecule has 7 heteroatoms. The molecule has 0 saturated carbocycles. The van der Waals surface area contributed by atoms with Crippen LogP contribution in [0.25, 0.3) is 17.1 Å². The Morgan fingerprint density at radius 2 is 2.00 bits per heavy atom. The van der Waals surface area contributed by atoms with Crippen LogP contribution in [0.5, 0.6) is 17.5 Å². The zero-order valence-electron chi connectivity index (χ0n) is 12.1. The van der Waals surface area contributed by atoms with E-state index in [0.717, 1.165) is 5.22 Å². The van der Waals surface area contributed by atoms with Gasteiger partial charge in [-0.05, 0) is 24.3 Å². The highest BCUT2D eigenvalue weighted by Gasteiger charge is 2.10. The maximum Gasteiger partial charge on any atom is 0.270 e. The molecule has 3 heterocycles. The number of nitrogens with zero attached hydrogens (tertiary/aromatic N) is 4. The average molecular weight is 306 g/mol. The second-order valence-corrected chi connectivity index (χ2v) is 4.82. The number of hydrogen-bond donors (Lipinski definition) is 0. The number of amides is 1. The molecule has 112 valence electrons. The summed E-state index contributed by atoms with van der Waals surface area (Å²) in [5, 5.41) is 2.03. The summed E-state index contributed by atoms with van der Waals surface area (Å²) < 4.78 is 10.9. The van der Waals surface area contributed by atoms with E-state index in [9.17, 15) is 4.79 Å². The number of ether oxygens (including phenoxy) is 2. The van der Waals surface area contributed by atoms with E-state index >= 15 is 0 Å². The van der Waals surface area contributed by atoms with Gasteiger partial charge in [0.1, 0.15) is 12.1 Å². The smallest absolute Gasteiger partial charge is 0.270 e. The van der Waals surface area contributed by atoms with Crippen LogP contribution in [0.3, 0.4) is 0 Å². The van der Waals surface area contributed by atoms with Gasteiger partial charge in [0.15, 0.2) is 5.65 Å². The number of hydrogen-bond acceptors (Lipinski definition) is 6. The van der Waals surface area contributed by atoms with Crippen LogP contribution in [0.2, 0.25) is 0 Å². The fourth-order valence-corrected chi connectivity index (χ4v) is 2.31. The van der Waals surface area contributed by atoms with E-state index in [-0.39, 0.29) is 5.91 Å². The summed E-state index contributed by atoms with van der Waals surface area (Å²) in [7, 11) is 1.54. The van der Waals surface area contributed by atoms with Crippen molar-refractivity contribution in [3.8, 4) is 17.5 Å². The van der Waals surface area contributed by atoms with E-state index in [2.05, 4.69) is 19.9 Å². The number of fused-ring (bicyclic) bond motifs is 2. The normalized spacial score (nSPS) is 12.5. The molecule has 0 fully saturated rings. The summed E-state index contributed by atoms with van der Waals surface area (Å²) in [5.41, 5.74) is 0.479.